The summed E-state index contributed by atoms with van der Waals surface area (Å²) >= 11 is 0. The van der Waals surface area contributed by atoms with Crippen molar-refractivity contribution >= 4 is 5.97 Å². The highest BCUT2D eigenvalue weighted by atomic mass is 16.5. The topological polar surface area (TPSA) is 55.8 Å². The van der Waals surface area contributed by atoms with Crippen LogP contribution in [0.25, 0.3) is 0 Å². The van der Waals surface area contributed by atoms with Crippen LogP contribution in [0.2, 0.25) is 0 Å². The van der Waals surface area contributed by atoms with Gasteiger partial charge in [-0.15, -0.1) is 0 Å². The maximum absolute atomic E-state index is 10.5. The Labute approximate surface area is 65.1 Å². The van der Waals surface area contributed by atoms with Crippen molar-refractivity contribution in [2.45, 2.75) is 12.5 Å². The van der Waals surface area contributed by atoms with Gasteiger partial charge in [0.05, 0.1) is 6.61 Å². The molecule has 0 radical (unpaired) electrons. The van der Waals surface area contributed by atoms with Crippen molar-refractivity contribution in [1.82, 2.24) is 0 Å². The summed E-state index contributed by atoms with van der Waals surface area (Å²) in [5, 5.41) is 8.65. The molecule has 2 atom stereocenters. The Morgan fingerprint density at radius 1 is 1.82 bits per heavy atom. The Kier molecular flexibility index (Phi) is 2.84. The van der Waals surface area contributed by atoms with Crippen molar-refractivity contribution < 1.29 is 19.4 Å². The molecule has 4 nitrogen and oxygen atoms in total. The minimum absolute atomic E-state index is 0.0255. The molecule has 0 amide bonds. The van der Waals surface area contributed by atoms with Crippen LogP contribution < -0.4 is 0 Å². The van der Waals surface area contributed by atoms with Gasteiger partial charge in [-0.1, -0.05) is 0 Å². The molecular formula is C7H12O4. The van der Waals surface area contributed by atoms with Crippen LogP contribution in [-0.4, -0.2) is 37.5 Å². The van der Waals surface area contributed by atoms with Crippen molar-refractivity contribution in [3.63, 3.8) is 0 Å². The summed E-state index contributed by atoms with van der Waals surface area (Å²) in [7, 11) is 1.41. The highest BCUT2D eigenvalue weighted by molar-refractivity contribution is 5.72. The van der Waals surface area contributed by atoms with Gasteiger partial charge in [0.1, 0.15) is 0 Å². The molecule has 0 spiro atoms. The summed E-state index contributed by atoms with van der Waals surface area (Å²) in [6, 6.07) is 0. The van der Waals surface area contributed by atoms with E-state index in [0.29, 0.717) is 13.2 Å². The third kappa shape index (κ3) is 1.91. The molecule has 0 aromatic rings. The van der Waals surface area contributed by atoms with Gasteiger partial charge >= 0.3 is 5.97 Å². The quantitative estimate of drug-likeness (QED) is 0.637. The highest BCUT2D eigenvalue weighted by Gasteiger charge is 2.30. The molecule has 1 saturated heterocycles. The molecule has 0 unspecified atom stereocenters. The molecule has 64 valence electrons. The zero-order valence-corrected chi connectivity index (χ0v) is 6.45. The summed E-state index contributed by atoms with van der Waals surface area (Å²) in [5.74, 6) is -0.875. The lowest BCUT2D eigenvalue weighted by atomic mass is 10.0. The zero-order chi connectivity index (χ0) is 8.27. The first-order valence-corrected chi connectivity index (χ1v) is 3.59. The number of methoxy groups -OCH3 is 1. The number of hydrogen-bond acceptors (Lipinski definition) is 3. The predicted octanol–water partition coefficient (Wildman–Crippen LogP) is 0.122. The Bertz CT molecular complexity index is 139. The van der Waals surface area contributed by atoms with Gasteiger partial charge in [0.15, 0.2) is 6.10 Å². The molecule has 4 heteroatoms. The van der Waals surface area contributed by atoms with Gasteiger partial charge in [-0.2, -0.15) is 0 Å². The summed E-state index contributed by atoms with van der Waals surface area (Å²) in [6.07, 6.45) is 0.0858. The van der Waals surface area contributed by atoms with Gasteiger partial charge in [-0.3, -0.25) is 0 Å². The Hall–Kier alpha value is -0.610. The predicted molar refractivity (Wildman–Crippen MR) is 37.4 cm³/mol. The van der Waals surface area contributed by atoms with Gasteiger partial charge in [0, 0.05) is 19.6 Å². The maximum Gasteiger partial charge on any atom is 0.333 e. The number of hydrogen-bond donors (Lipinski definition) is 1. The third-order valence-corrected chi connectivity index (χ3v) is 1.89. The Morgan fingerprint density at radius 3 is 2.91 bits per heavy atom. The van der Waals surface area contributed by atoms with E-state index in [1.54, 1.807) is 0 Å². The van der Waals surface area contributed by atoms with Crippen LogP contribution in [0.3, 0.4) is 0 Å². The van der Waals surface area contributed by atoms with E-state index in [1.165, 1.54) is 7.11 Å². The van der Waals surface area contributed by atoms with Crippen molar-refractivity contribution in [3.05, 3.63) is 0 Å². The van der Waals surface area contributed by atoms with Gasteiger partial charge < -0.3 is 14.6 Å². The number of carboxylic acid groups (broad SMARTS) is 1. The molecule has 0 aromatic carbocycles. The minimum Gasteiger partial charge on any atom is -0.479 e. The molecule has 0 bridgehead atoms. The lowest BCUT2D eigenvalue weighted by Crippen LogP contribution is -2.31. The molecule has 0 saturated carbocycles. The first-order valence-electron chi connectivity index (χ1n) is 3.59. The molecular weight excluding hydrogens is 148 g/mol. The average molecular weight is 160 g/mol. The van der Waals surface area contributed by atoms with Crippen LogP contribution in [0.1, 0.15) is 6.42 Å². The number of carboxylic acids is 1. The molecule has 1 heterocycles. The van der Waals surface area contributed by atoms with Crippen molar-refractivity contribution in [1.29, 1.82) is 0 Å². The lowest BCUT2D eigenvalue weighted by molar-refractivity contribution is -0.151. The average Bonchev–Trinajstić information content (AvgIpc) is 2.40. The molecule has 11 heavy (non-hydrogen) atoms. The van der Waals surface area contributed by atoms with Gasteiger partial charge in [0.25, 0.3) is 0 Å². The number of carbonyl (C=O) groups is 1. The first-order chi connectivity index (χ1) is 5.25. The minimum atomic E-state index is -0.900. The normalized spacial score (nSPS) is 26.8. The van der Waals surface area contributed by atoms with Crippen LogP contribution in [0.5, 0.6) is 0 Å². The van der Waals surface area contributed by atoms with Crippen molar-refractivity contribution in [3.8, 4) is 0 Å². The molecule has 1 rings (SSSR count). The summed E-state index contributed by atoms with van der Waals surface area (Å²) < 4.78 is 9.86. The second kappa shape index (κ2) is 3.69. The summed E-state index contributed by atoms with van der Waals surface area (Å²) in [4.78, 5) is 10.5. The molecule has 1 aliphatic rings. The Balaban J connectivity index is 2.46. The van der Waals surface area contributed by atoms with Gasteiger partial charge in [-0.25, -0.2) is 4.79 Å². The van der Waals surface area contributed by atoms with E-state index >= 15 is 0 Å². The monoisotopic (exact) mass is 160 g/mol. The molecule has 0 aliphatic carbocycles. The maximum atomic E-state index is 10.5. The number of aliphatic carboxylic acids is 1. The summed E-state index contributed by atoms with van der Waals surface area (Å²) in [5.41, 5.74) is 0. The van der Waals surface area contributed by atoms with Crippen LogP contribution >= 0.6 is 0 Å². The largest absolute Gasteiger partial charge is 0.479 e. The van der Waals surface area contributed by atoms with E-state index in [0.717, 1.165) is 6.42 Å². The van der Waals surface area contributed by atoms with E-state index in [9.17, 15) is 4.79 Å². The fraction of sp³-hybridized carbons (Fsp3) is 0.857. The van der Waals surface area contributed by atoms with Gasteiger partial charge in [0.2, 0.25) is 0 Å². The van der Waals surface area contributed by atoms with Crippen LogP contribution in [0.4, 0.5) is 0 Å². The second-order valence-corrected chi connectivity index (χ2v) is 2.62. The smallest absolute Gasteiger partial charge is 0.333 e. The standard InChI is InChI=1S/C7H12O4/c1-10-6(7(8)9)5-2-3-11-4-5/h5-6H,2-4H2,1H3,(H,8,9)/t5-,6+/m1/s1. The Morgan fingerprint density at radius 2 is 2.55 bits per heavy atom. The SMILES string of the molecule is CO[C@H](C(=O)O)[C@@H]1CCOC1. The fourth-order valence-electron chi connectivity index (χ4n) is 1.29. The molecule has 1 N–H and O–H groups in total. The number of ether oxygens (including phenoxy) is 2. The van der Waals surface area contributed by atoms with Crippen LogP contribution in [0.15, 0.2) is 0 Å². The first kappa shape index (κ1) is 8.49. The third-order valence-electron chi connectivity index (χ3n) is 1.89. The van der Waals surface area contributed by atoms with Crippen LogP contribution in [0, 0.1) is 5.92 Å². The fourth-order valence-corrected chi connectivity index (χ4v) is 1.29. The van der Waals surface area contributed by atoms with Crippen molar-refractivity contribution in [2.75, 3.05) is 20.3 Å². The summed E-state index contributed by atoms with van der Waals surface area (Å²) in [6.45, 7) is 1.16. The molecule has 1 aliphatic heterocycles. The van der Waals surface area contributed by atoms with E-state index in [-0.39, 0.29) is 5.92 Å². The molecule has 1 fully saturated rings. The second-order valence-electron chi connectivity index (χ2n) is 2.62. The lowest BCUT2D eigenvalue weighted by Gasteiger charge is -2.15. The van der Waals surface area contributed by atoms with Gasteiger partial charge in [-0.05, 0) is 6.42 Å². The van der Waals surface area contributed by atoms with Crippen LogP contribution in [-0.2, 0) is 14.3 Å². The van der Waals surface area contributed by atoms with Crippen molar-refractivity contribution in [2.24, 2.45) is 5.92 Å². The van der Waals surface area contributed by atoms with E-state index in [4.69, 9.17) is 14.6 Å². The van der Waals surface area contributed by atoms with E-state index in [1.807, 2.05) is 0 Å². The number of rotatable bonds is 3. The molecule has 0 aromatic heterocycles. The zero-order valence-electron chi connectivity index (χ0n) is 6.45. The van der Waals surface area contributed by atoms with E-state index in [2.05, 4.69) is 0 Å². The van der Waals surface area contributed by atoms with E-state index < -0.39 is 12.1 Å². The highest BCUT2D eigenvalue weighted by Crippen LogP contribution is 2.18.